The largest absolute Gasteiger partial charge is 0.309 e. The Morgan fingerprint density at radius 3 is 1.57 bits per heavy atom. The summed E-state index contributed by atoms with van der Waals surface area (Å²) in [6.45, 7) is 15.2. The third kappa shape index (κ3) is 5.02. The number of hydrogen-bond acceptors (Lipinski definition) is 2. The molecular formula is C44H23N5. The highest BCUT2D eigenvalue weighted by atomic mass is 15.0. The zero-order chi connectivity index (χ0) is 33.5. The van der Waals surface area contributed by atoms with Gasteiger partial charge in [0, 0.05) is 27.5 Å². The smallest absolute Gasteiger partial charge is 0.189 e. The second kappa shape index (κ2) is 11.7. The van der Waals surface area contributed by atoms with E-state index in [9.17, 15) is 10.5 Å². The maximum absolute atomic E-state index is 9.67. The van der Waals surface area contributed by atoms with Crippen molar-refractivity contribution in [2.24, 2.45) is 0 Å². The summed E-state index contributed by atoms with van der Waals surface area (Å²) in [7, 11) is 0. The van der Waals surface area contributed by atoms with E-state index in [1.807, 2.05) is 36.4 Å². The van der Waals surface area contributed by atoms with Gasteiger partial charge in [-0.2, -0.15) is 10.5 Å². The van der Waals surface area contributed by atoms with Crippen LogP contribution in [-0.4, -0.2) is 4.57 Å². The number of para-hydroxylation sites is 1. The van der Waals surface area contributed by atoms with Crippen LogP contribution in [0.2, 0.25) is 0 Å². The Kier molecular flexibility index (Phi) is 6.94. The predicted octanol–water partition coefficient (Wildman–Crippen LogP) is 11.8. The van der Waals surface area contributed by atoms with Gasteiger partial charge in [0.05, 0.1) is 42.0 Å². The Hall–Kier alpha value is -7.44. The Balaban J connectivity index is 1.41. The fraction of sp³-hybridized carbons (Fsp3) is 0. The van der Waals surface area contributed by atoms with E-state index in [0.29, 0.717) is 22.5 Å². The van der Waals surface area contributed by atoms with Crippen molar-refractivity contribution >= 4 is 44.0 Å². The number of aromatic nitrogens is 1. The lowest BCUT2D eigenvalue weighted by Crippen LogP contribution is -1.97. The molecule has 0 amide bonds. The first-order valence-electron chi connectivity index (χ1n) is 15.6. The van der Waals surface area contributed by atoms with E-state index in [1.165, 1.54) is 10.8 Å². The molecule has 0 aliphatic heterocycles. The first kappa shape index (κ1) is 29.0. The Bertz CT molecular complexity index is 2630. The molecular weight excluding hydrogens is 599 g/mol. The fourth-order valence-corrected chi connectivity index (χ4v) is 6.73. The summed E-state index contributed by atoms with van der Waals surface area (Å²) in [5.41, 5.74) is 10.3. The third-order valence-corrected chi connectivity index (χ3v) is 8.99. The molecule has 0 fully saturated rings. The van der Waals surface area contributed by atoms with E-state index in [2.05, 4.69) is 117 Å². The highest BCUT2D eigenvalue weighted by Crippen LogP contribution is 2.41. The van der Waals surface area contributed by atoms with Crippen molar-refractivity contribution in [2.75, 3.05) is 0 Å². The summed E-state index contributed by atoms with van der Waals surface area (Å²) >= 11 is 0. The average Bonchev–Trinajstić information content (AvgIpc) is 3.50. The van der Waals surface area contributed by atoms with E-state index in [-0.39, 0.29) is 0 Å². The molecule has 0 unspecified atom stereocenters. The minimum atomic E-state index is 0.413. The molecule has 1 aromatic heterocycles. The number of nitriles is 2. The molecule has 7 aromatic carbocycles. The van der Waals surface area contributed by atoms with Gasteiger partial charge in [0.1, 0.15) is 0 Å². The monoisotopic (exact) mass is 621 g/mol. The Morgan fingerprint density at radius 1 is 0.469 bits per heavy atom. The van der Waals surface area contributed by atoms with Gasteiger partial charge in [0.2, 0.25) is 0 Å². The van der Waals surface area contributed by atoms with Crippen LogP contribution in [-0.2, 0) is 0 Å². The van der Waals surface area contributed by atoms with Gasteiger partial charge in [0.15, 0.2) is 11.4 Å². The van der Waals surface area contributed by atoms with Gasteiger partial charge in [-0.25, -0.2) is 9.69 Å². The Morgan fingerprint density at radius 2 is 1.00 bits per heavy atom. The van der Waals surface area contributed by atoms with Crippen LogP contribution in [0.1, 0.15) is 11.1 Å². The molecule has 0 aliphatic rings. The summed E-state index contributed by atoms with van der Waals surface area (Å²) in [6, 6.07) is 50.7. The van der Waals surface area contributed by atoms with E-state index in [0.717, 1.165) is 60.9 Å². The van der Waals surface area contributed by atoms with Gasteiger partial charge in [-0.15, -0.1) is 0 Å². The molecule has 8 aromatic rings. The van der Waals surface area contributed by atoms with E-state index in [4.69, 9.17) is 13.1 Å². The van der Waals surface area contributed by atoms with Gasteiger partial charge in [-0.05, 0) is 111 Å². The van der Waals surface area contributed by atoms with Crippen molar-refractivity contribution in [3.8, 4) is 51.2 Å². The van der Waals surface area contributed by atoms with Crippen LogP contribution >= 0.6 is 0 Å². The number of fused-ring (bicyclic) bond motifs is 4. The summed E-state index contributed by atoms with van der Waals surface area (Å²) in [5.74, 6) is 0. The Labute approximate surface area is 283 Å². The van der Waals surface area contributed by atoms with Gasteiger partial charge < -0.3 is 4.57 Å². The number of hydrogen-bond donors (Lipinski definition) is 0. The molecule has 0 spiro atoms. The van der Waals surface area contributed by atoms with Gasteiger partial charge in [-0.1, -0.05) is 66.7 Å². The van der Waals surface area contributed by atoms with E-state index < -0.39 is 0 Å². The highest BCUT2D eigenvalue weighted by molar-refractivity contribution is 6.12. The van der Waals surface area contributed by atoms with Crippen molar-refractivity contribution < 1.29 is 0 Å². The second-order valence-electron chi connectivity index (χ2n) is 11.9. The number of benzene rings is 7. The normalized spacial score (nSPS) is 10.8. The molecule has 0 atom stereocenters. The zero-order valence-electron chi connectivity index (χ0n) is 26.0. The van der Waals surface area contributed by atoms with Crippen molar-refractivity contribution in [3.05, 3.63) is 173 Å². The summed E-state index contributed by atoms with van der Waals surface area (Å²) in [5, 5.41) is 23.7. The predicted molar refractivity (Wildman–Crippen MR) is 197 cm³/mol. The molecule has 1 heterocycles. The van der Waals surface area contributed by atoms with Crippen LogP contribution in [0.5, 0.6) is 0 Å². The van der Waals surface area contributed by atoms with Crippen LogP contribution in [0.4, 0.5) is 11.4 Å². The summed E-state index contributed by atoms with van der Waals surface area (Å²) in [4.78, 5) is 7.21. The molecule has 0 saturated carbocycles. The maximum Gasteiger partial charge on any atom is 0.189 e. The minimum absolute atomic E-state index is 0.413. The van der Waals surface area contributed by atoms with Crippen molar-refractivity contribution in [1.82, 2.24) is 4.57 Å². The molecule has 5 nitrogen and oxygen atoms in total. The van der Waals surface area contributed by atoms with Crippen LogP contribution in [0.15, 0.2) is 140 Å². The first-order valence-corrected chi connectivity index (χ1v) is 15.6. The topological polar surface area (TPSA) is 61.2 Å². The summed E-state index contributed by atoms with van der Waals surface area (Å²) < 4.78 is 2.29. The number of rotatable bonds is 4. The lowest BCUT2D eigenvalue weighted by molar-refractivity contribution is 1.18. The molecule has 49 heavy (non-hydrogen) atoms. The zero-order valence-corrected chi connectivity index (χ0v) is 26.0. The van der Waals surface area contributed by atoms with Crippen LogP contribution in [0, 0.1) is 35.8 Å². The number of nitrogens with zero attached hydrogens (tertiary/aromatic N) is 5. The molecule has 0 N–H and O–H groups in total. The van der Waals surface area contributed by atoms with E-state index in [1.54, 1.807) is 12.1 Å². The molecule has 0 aliphatic carbocycles. The highest BCUT2D eigenvalue weighted by Gasteiger charge is 2.18. The molecule has 5 heteroatoms. The molecule has 0 saturated heterocycles. The first-order chi connectivity index (χ1) is 24.1. The van der Waals surface area contributed by atoms with Crippen LogP contribution in [0.25, 0.3) is 81.3 Å². The standard InChI is InChI=1S/C44H23N5/c1-47-37-19-28(26-45)17-35(22-37)32-13-15-43-40(24-32)41-25-33(36-18-29(27-46)20-38(23-36)48-2)14-16-44(41)49(43)42-10-6-5-9-39(42)34-12-11-30-7-3-4-8-31(30)21-34/h3-25H. The minimum Gasteiger partial charge on any atom is -0.309 e. The van der Waals surface area contributed by atoms with Crippen LogP contribution in [0.3, 0.4) is 0 Å². The second-order valence-corrected chi connectivity index (χ2v) is 11.9. The maximum atomic E-state index is 9.67. The molecule has 0 bridgehead atoms. The van der Waals surface area contributed by atoms with Gasteiger partial charge in [-0.3, -0.25) is 0 Å². The summed E-state index contributed by atoms with van der Waals surface area (Å²) in [6.07, 6.45) is 0. The lowest BCUT2D eigenvalue weighted by Gasteiger charge is -2.15. The van der Waals surface area contributed by atoms with Gasteiger partial charge in [0.25, 0.3) is 0 Å². The lowest BCUT2D eigenvalue weighted by atomic mass is 9.98. The van der Waals surface area contributed by atoms with Gasteiger partial charge >= 0.3 is 0 Å². The fourth-order valence-electron chi connectivity index (χ4n) is 6.73. The van der Waals surface area contributed by atoms with Crippen LogP contribution < -0.4 is 0 Å². The van der Waals surface area contributed by atoms with E-state index >= 15 is 0 Å². The SMILES string of the molecule is [C-]#[N+]c1cc(C#N)cc(-c2ccc3c(c2)c2cc(-c4cc(C#N)cc([N+]#[C-])c4)ccc2n3-c2ccccc2-c2ccc3ccccc3c2)c1. The quantitative estimate of drug-likeness (QED) is 0.184. The van der Waals surface area contributed by atoms with Crippen molar-refractivity contribution in [1.29, 1.82) is 10.5 Å². The third-order valence-electron chi connectivity index (χ3n) is 8.99. The molecule has 0 radical (unpaired) electrons. The van der Waals surface area contributed by atoms with Crippen molar-refractivity contribution in [3.63, 3.8) is 0 Å². The molecule has 224 valence electrons. The average molecular weight is 622 g/mol. The van der Waals surface area contributed by atoms with Crippen molar-refractivity contribution in [2.45, 2.75) is 0 Å². The molecule has 8 rings (SSSR count).